The number of likely N-dealkylation sites (tertiary alicyclic amines) is 1. The Morgan fingerprint density at radius 3 is 2.43 bits per heavy atom. The van der Waals surface area contributed by atoms with E-state index >= 15 is 0 Å². The van der Waals surface area contributed by atoms with Gasteiger partial charge in [-0.1, -0.05) is 0 Å². The Hall–Kier alpha value is -0.570. The molecular weight excluding hydrogens is 178 g/mol. The van der Waals surface area contributed by atoms with Gasteiger partial charge < -0.3 is 9.59 Å². The second kappa shape index (κ2) is 5.35. The minimum atomic E-state index is -0.661. The minimum absolute atomic E-state index is 0.337. The molecule has 0 amide bonds. The molecule has 14 heavy (non-hydrogen) atoms. The summed E-state index contributed by atoms with van der Waals surface area (Å²) in [5.74, 6) is -0.661. The van der Waals surface area contributed by atoms with E-state index in [9.17, 15) is 4.79 Å². The molecular formula is C11H22NO2+. The van der Waals surface area contributed by atoms with Gasteiger partial charge in [-0.05, 0) is 19.3 Å². The molecule has 3 nitrogen and oxygen atoms in total. The molecule has 0 radical (unpaired) electrons. The summed E-state index contributed by atoms with van der Waals surface area (Å²) in [6, 6.07) is 0. The summed E-state index contributed by atoms with van der Waals surface area (Å²) >= 11 is 0. The van der Waals surface area contributed by atoms with Crippen molar-refractivity contribution in [2.75, 3.05) is 26.7 Å². The molecule has 1 saturated heterocycles. The van der Waals surface area contributed by atoms with Gasteiger partial charge in [0.15, 0.2) is 0 Å². The monoisotopic (exact) mass is 200 g/mol. The molecule has 1 heterocycles. The molecule has 0 saturated carbocycles. The van der Waals surface area contributed by atoms with Crippen LogP contribution in [0.25, 0.3) is 0 Å². The summed E-state index contributed by atoms with van der Waals surface area (Å²) in [7, 11) is 2.32. The number of carboxylic acids is 1. The van der Waals surface area contributed by atoms with E-state index in [0.29, 0.717) is 6.42 Å². The predicted molar refractivity (Wildman–Crippen MR) is 56.1 cm³/mol. The lowest BCUT2D eigenvalue weighted by Crippen LogP contribution is -2.41. The molecule has 0 aromatic rings. The van der Waals surface area contributed by atoms with Crippen LogP contribution in [0.2, 0.25) is 0 Å². The SMILES string of the molecule is C[N+]1(CCCCCC(=O)O)CCCC1. The first kappa shape index (κ1) is 11.5. The highest BCUT2D eigenvalue weighted by atomic mass is 16.4. The van der Waals surface area contributed by atoms with Crippen molar-refractivity contribution in [3.63, 3.8) is 0 Å². The molecule has 1 rings (SSSR count). The van der Waals surface area contributed by atoms with E-state index in [-0.39, 0.29) is 0 Å². The third-order valence-electron chi connectivity index (χ3n) is 3.23. The molecule has 1 fully saturated rings. The van der Waals surface area contributed by atoms with Crippen molar-refractivity contribution in [2.45, 2.75) is 38.5 Å². The van der Waals surface area contributed by atoms with Gasteiger partial charge in [0.2, 0.25) is 0 Å². The van der Waals surface area contributed by atoms with Gasteiger partial charge in [-0.3, -0.25) is 4.79 Å². The highest BCUT2D eigenvalue weighted by molar-refractivity contribution is 5.66. The van der Waals surface area contributed by atoms with Crippen molar-refractivity contribution in [2.24, 2.45) is 0 Å². The van der Waals surface area contributed by atoms with E-state index in [0.717, 1.165) is 12.8 Å². The standard InChI is InChI=1S/C11H21NO2/c1-12(9-5-6-10-12)8-4-2-3-7-11(13)14/h2-10H2,1H3/p+1. The van der Waals surface area contributed by atoms with Gasteiger partial charge in [0.05, 0.1) is 26.7 Å². The number of carboxylic acid groups (broad SMARTS) is 1. The van der Waals surface area contributed by atoms with Gasteiger partial charge in [0.1, 0.15) is 0 Å². The van der Waals surface area contributed by atoms with E-state index in [2.05, 4.69) is 7.05 Å². The quantitative estimate of drug-likeness (QED) is 0.525. The van der Waals surface area contributed by atoms with E-state index < -0.39 is 5.97 Å². The molecule has 0 aromatic heterocycles. The fourth-order valence-corrected chi connectivity index (χ4v) is 2.27. The van der Waals surface area contributed by atoms with Crippen molar-refractivity contribution < 1.29 is 14.4 Å². The van der Waals surface area contributed by atoms with Crippen molar-refractivity contribution in [1.29, 1.82) is 0 Å². The van der Waals surface area contributed by atoms with E-state index in [1.807, 2.05) is 0 Å². The van der Waals surface area contributed by atoms with Gasteiger partial charge in [0.25, 0.3) is 0 Å². The van der Waals surface area contributed by atoms with Crippen LogP contribution in [0, 0.1) is 0 Å². The Morgan fingerprint density at radius 1 is 1.21 bits per heavy atom. The zero-order chi connectivity index (χ0) is 10.4. The van der Waals surface area contributed by atoms with Crippen molar-refractivity contribution in [3.8, 4) is 0 Å². The Morgan fingerprint density at radius 2 is 1.86 bits per heavy atom. The Labute approximate surface area is 86.3 Å². The van der Waals surface area contributed by atoms with Crippen LogP contribution in [0.3, 0.4) is 0 Å². The normalized spacial score (nSPS) is 19.8. The Bertz CT molecular complexity index is 186. The van der Waals surface area contributed by atoms with E-state index in [1.54, 1.807) is 0 Å². The van der Waals surface area contributed by atoms with Gasteiger partial charge in [0, 0.05) is 19.3 Å². The lowest BCUT2D eigenvalue weighted by molar-refractivity contribution is -0.897. The number of nitrogens with zero attached hydrogens (tertiary/aromatic N) is 1. The van der Waals surface area contributed by atoms with Crippen LogP contribution in [-0.2, 0) is 4.79 Å². The van der Waals surface area contributed by atoms with Gasteiger partial charge in [-0.2, -0.15) is 0 Å². The summed E-state index contributed by atoms with van der Waals surface area (Å²) in [6.07, 6.45) is 6.17. The average Bonchev–Trinajstić information content (AvgIpc) is 2.51. The number of hydrogen-bond acceptors (Lipinski definition) is 1. The molecule has 0 aromatic carbocycles. The molecule has 0 unspecified atom stereocenters. The zero-order valence-electron chi connectivity index (χ0n) is 9.17. The van der Waals surface area contributed by atoms with E-state index in [1.165, 1.54) is 43.4 Å². The summed E-state index contributed by atoms with van der Waals surface area (Å²) in [6.45, 7) is 3.87. The largest absolute Gasteiger partial charge is 0.481 e. The second-order valence-electron chi connectivity index (χ2n) is 4.70. The van der Waals surface area contributed by atoms with Crippen LogP contribution in [-0.4, -0.2) is 42.2 Å². The van der Waals surface area contributed by atoms with Crippen LogP contribution < -0.4 is 0 Å². The molecule has 0 spiro atoms. The van der Waals surface area contributed by atoms with Gasteiger partial charge >= 0.3 is 5.97 Å². The van der Waals surface area contributed by atoms with Crippen LogP contribution in [0.1, 0.15) is 38.5 Å². The van der Waals surface area contributed by atoms with Crippen LogP contribution in [0.4, 0.5) is 0 Å². The summed E-state index contributed by atoms with van der Waals surface area (Å²) < 4.78 is 1.22. The topological polar surface area (TPSA) is 37.3 Å². The zero-order valence-corrected chi connectivity index (χ0v) is 9.17. The second-order valence-corrected chi connectivity index (χ2v) is 4.70. The summed E-state index contributed by atoms with van der Waals surface area (Å²) in [5, 5.41) is 8.47. The molecule has 3 heteroatoms. The molecule has 1 N–H and O–H groups in total. The first-order chi connectivity index (χ1) is 6.62. The van der Waals surface area contributed by atoms with Gasteiger partial charge in [-0.15, -0.1) is 0 Å². The third kappa shape index (κ3) is 4.09. The molecule has 0 aliphatic carbocycles. The van der Waals surface area contributed by atoms with Gasteiger partial charge in [-0.25, -0.2) is 0 Å². The smallest absolute Gasteiger partial charge is 0.303 e. The fourth-order valence-electron chi connectivity index (χ4n) is 2.27. The maximum atomic E-state index is 10.3. The minimum Gasteiger partial charge on any atom is -0.481 e. The first-order valence-corrected chi connectivity index (χ1v) is 5.68. The van der Waals surface area contributed by atoms with Crippen LogP contribution in [0.5, 0.6) is 0 Å². The highest BCUT2D eigenvalue weighted by Gasteiger charge is 2.25. The Balaban J connectivity index is 2.00. The molecule has 82 valence electrons. The van der Waals surface area contributed by atoms with Crippen molar-refractivity contribution in [3.05, 3.63) is 0 Å². The number of carbonyl (C=O) groups is 1. The van der Waals surface area contributed by atoms with Crippen LogP contribution >= 0.6 is 0 Å². The summed E-state index contributed by atoms with van der Waals surface area (Å²) in [5.41, 5.74) is 0. The Kier molecular flexibility index (Phi) is 4.39. The molecule has 1 aliphatic rings. The fraction of sp³-hybridized carbons (Fsp3) is 0.909. The average molecular weight is 200 g/mol. The van der Waals surface area contributed by atoms with Crippen molar-refractivity contribution in [1.82, 2.24) is 0 Å². The number of rotatable bonds is 6. The number of quaternary nitrogens is 1. The lowest BCUT2D eigenvalue weighted by atomic mass is 10.2. The van der Waals surface area contributed by atoms with E-state index in [4.69, 9.17) is 5.11 Å². The molecule has 0 atom stereocenters. The maximum Gasteiger partial charge on any atom is 0.303 e. The number of unbranched alkanes of at least 4 members (excludes halogenated alkanes) is 2. The van der Waals surface area contributed by atoms with Crippen LogP contribution in [0.15, 0.2) is 0 Å². The summed E-state index contributed by atoms with van der Waals surface area (Å²) in [4.78, 5) is 10.3. The molecule has 0 bridgehead atoms. The first-order valence-electron chi connectivity index (χ1n) is 5.68. The number of aliphatic carboxylic acids is 1. The lowest BCUT2D eigenvalue weighted by Gasteiger charge is -2.29. The number of hydrogen-bond donors (Lipinski definition) is 1. The maximum absolute atomic E-state index is 10.3. The predicted octanol–water partition coefficient (Wildman–Crippen LogP) is 1.87. The molecule has 1 aliphatic heterocycles. The van der Waals surface area contributed by atoms with Crippen molar-refractivity contribution >= 4 is 5.97 Å². The highest BCUT2D eigenvalue weighted by Crippen LogP contribution is 2.17. The third-order valence-corrected chi connectivity index (χ3v) is 3.23.